The van der Waals surface area contributed by atoms with Gasteiger partial charge in [-0.3, -0.25) is 0 Å². The van der Waals surface area contributed by atoms with E-state index in [-0.39, 0.29) is 11.7 Å². The minimum Gasteiger partial charge on any atom is -0.313 e. The Balaban J connectivity index is 2.79. The summed E-state index contributed by atoms with van der Waals surface area (Å²) in [6.07, 6.45) is 0. The highest BCUT2D eigenvalue weighted by Gasteiger charge is 2.29. The highest BCUT2D eigenvalue weighted by molar-refractivity contribution is 6.16. The lowest BCUT2D eigenvalue weighted by Gasteiger charge is -2.07. The Labute approximate surface area is 108 Å². The monoisotopic (exact) mass is 297 g/mol. The maximum absolute atomic E-state index is 13.5. The summed E-state index contributed by atoms with van der Waals surface area (Å²) in [7, 11) is 1.30. The van der Waals surface area contributed by atoms with Gasteiger partial charge in [0.1, 0.15) is 5.82 Å². The molecule has 0 amide bonds. The molecule has 0 aliphatic carbocycles. The molecule has 0 aliphatic rings. The molecule has 19 heavy (non-hydrogen) atoms. The third kappa shape index (κ3) is 1.95. The molecule has 0 aliphatic heterocycles. The van der Waals surface area contributed by atoms with Gasteiger partial charge in [0.15, 0.2) is 29.1 Å². The molecule has 3 nitrogen and oxygen atoms in total. The van der Waals surface area contributed by atoms with E-state index in [0.29, 0.717) is 0 Å². The van der Waals surface area contributed by atoms with E-state index in [4.69, 9.17) is 11.6 Å². The van der Waals surface area contributed by atoms with Crippen LogP contribution in [0.2, 0.25) is 0 Å². The van der Waals surface area contributed by atoms with Crippen molar-refractivity contribution < 1.29 is 22.0 Å². The molecule has 2 aromatic rings. The van der Waals surface area contributed by atoms with Crippen molar-refractivity contribution in [3.05, 3.63) is 34.9 Å². The molecule has 102 valence electrons. The van der Waals surface area contributed by atoms with Crippen LogP contribution in [-0.2, 0) is 12.9 Å². The van der Waals surface area contributed by atoms with E-state index < -0.39 is 40.5 Å². The van der Waals surface area contributed by atoms with Crippen LogP contribution in [0.15, 0.2) is 0 Å². The van der Waals surface area contributed by atoms with Crippen molar-refractivity contribution in [1.29, 1.82) is 0 Å². The molecule has 0 radical (unpaired) electrons. The normalized spacial score (nSPS) is 11.1. The Morgan fingerprint density at radius 3 is 1.79 bits per heavy atom. The standard InChI is InChI=1S/C10H5ClF5N3/c1-19-3(2-11)17-18-10(19)4-5(12)7(14)9(16)8(15)6(4)13/h2H2,1H3. The second-order valence-corrected chi connectivity index (χ2v) is 3.84. The van der Waals surface area contributed by atoms with Gasteiger partial charge in [-0.25, -0.2) is 22.0 Å². The average molecular weight is 298 g/mol. The molecule has 2 rings (SSSR count). The number of hydrogen-bond acceptors (Lipinski definition) is 2. The van der Waals surface area contributed by atoms with Crippen LogP contribution in [0.25, 0.3) is 11.4 Å². The van der Waals surface area contributed by atoms with Gasteiger partial charge in [0.2, 0.25) is 5.82 Å². The molecule has 0 fully saturated rings. The highest BCUT2D eigenvalue weighted by atomic mass is 35.5. The van der Waals surface area contributed by atoms with Crippen LogP contribution < -0.4 is 0 Å². The van der Waals surface area contributed by atoms with E-state index in [9.17, 15) is 22.0 Å². The van der Waals surface area contributed by atoms with E-state index in [2.05, 4.69) is 10.2 Å². The van der Waals surface area contributed by atoms with Crippen molar-refractivity contribution in [3.8, 4) is 11.4 Å². The third-order valence-electron chi connectivity index (χ3n) is 2.52. The van der Waals surface area contributed by atoms with E-state index in [1.54, 1.807) is 0 Å². The fraction of sp³-hybridized carbons (Fsp3) is 0.200. The molecule has 0 N–H and O–H groups in total. The minimum atomic E-state index is -2.22. The zero-order chi connectivity index (χ0) is 14.3. The smallest absolute Gasteiger partial charge is 0.200 e. The highest BCUT2D eigenvalue weighted by Crippen LogP contribution is 2.30. The summed E-state index contributed by atoms with van der Waals surface area (Å²) in [4.78, 5) is 0. The Morgan fingerprint density at radius 1 is 0.895 bits per heavy atom. The molecular weight excluding hydrogens is 293 g/mol. The number of rotatable bonds is 2. The van der Waals surface area contributed by atoms with E-state index in [1.807, 2.05) is 0 Å². The molecule has 0 bridgehead atoms. The predicted octanol–water partition coefficient (Wildman–Crippen LogP) is 2.92. The van der Waals surface area contributed by atoms with Gasteiger partial charge in [0.05, 0.1) is 11.4 Å². The molecule has 0 saturated heterocycles. The third-order valence-corrected chi connectivity index (χ3v) is 2.76. The maximum Gasteiger partial charge on any atom is 0.200 e. The second kappa shape index (κ2) is 4.76. The van der Waals surface area contributed by atoms with Crippen LogP contribution >= 0.6 is 11.6 Å². The van der Waals surface area contributed by atoms with Crippen molar-refractivity contribution in [1.82, 2.24) is 14.8 Å². The summed E-state index contributed by atoms with van der Waals surface area (Å²) in [5, 5.41) is 6.87. The van der Waals surface area contributed by atoms with Crippen LogP contribution in [0, 0.1) is 29.1 Å². The predicted molar refractivity (Wildman–Crippen MR) is 55.8 cm³/mol. The maximum atomic E-state index is 13.5. The lowest BCUT2D eigenvalue weighted by molar-refractivity contribution is 0.380. The molecule has 1 heterocycles. The van der Waals surface area contributed by atoms with E-state index in [1.165, 1.54) is 7.05 Å². The Hall–Kier alpha value is -1.70. The largest absolute Gasteiger partial charge is 0.313 e. The summed E-state index contributed by atoms with van der Waals surface area (Å²) in [6, 6.07) is 0. The quantitative estimate of drug-likeness (QED) is 0.369. The topological polar surface area (TPSA) is 30.7 Å². The van der Waals surface area contributed by atoms with Crippen molar-refractivity contribution in [3.63, 3.8) is 0 Å². The van der Waals surface area contributed by atoms with Gasteiger partial charge in [0, 0.05) is 7.05 Å². The first-order valence-electron chi connectivity index (χ1n) is 4.86. The number of hydrogen-bond donors (Lipinski definition) is 0. The number of halogens is 6. The first-order chi connectivity index (χ1) is 8.90. The molecule has 0 unspecified atom stereocenters. The minimum absolute atomic E-state index is 0.126. The second-order valence-electron chi connectivity index (χ2n) is 3.58. The number of aromatic nitrogens is 3. The molecular formula is C10H5ClF5N3. The van der Waals surface area contributed by atoms with Gasteiger partial charge in [-0.05, 0) is 0 Å². The van der Waals surface area contributed by atoms with Crippen molar-refractivity contribution in [2.24, 2.45) is 7.05 Å². The summed E-state index contributed by atoms with van der Waals surface area (Å²) in [6.45, 7) is 0. The number of alkyl halides is 1. The zero-order valence-corrected chi connectivity index (χ0v) is 10.1. The Morgan fingerprint density at radius 2 is 1.37 bits per heavy atom. The fourth-order valence-electron chi connectivity index (χ4n) is 1.50. The average Bonchev–Trinajstić information content (AvgIpc) is 2.76. The van der Waals surface area contributed by atoms with Crippen LogP contribution in [0.1, 0.15) is 5.82 Å². The van der Waals surface area contributed by atoms with E-state index >= 15 is 0 Å². The van der Waals surface area contributed by atoms with Gasteiger partial charge in [-0.15, -0.1) is 21.8 Å². The van der Waals surface area contributed by atoms with Crippen molar-refractivity contribution in [2.45, 2.75) is 5.88 Å². The van der Waals surface area contributed by atoms with Gasteiger partial charge < -0.3 is 4.57 Å². The Kier molecular flexibility index (Phi) is 3.44. The lowest BCUT2D eigenvalue weighted by Crippen LogP contribution is -2.07. The number of benzene rings is 1. The van der Waals surface area contributed by atoms with Crippen LogP contribution in [-0.4, -0.2) is 14.8 Å². The molecule has 1 aromatic carbocycles. The first-order valence-corrected chi connectivity index (χ1v) is 5.39. The van der Waals surface area contributed by atoms with Gasteiger partial charge in [-0.2, -0.15) is 0 Å². The number of nitrogens with zero attached hydrogens (tertiary/aromatic N) is 3. The zero-order valence-electron chi connectivity index (χ0n) is 9.32. The van der Waals surface area contributed by atoms with E-state index in [0.717, 1.165) is 4.57 Å². The van der Waals surface area contributed by atoms with Gasteiger partial charge in [0.25, 0.3) is 0 Å². The van der Waals surface area contributed by atoms with Crippen LogP contribution in [0.4, 0.5) is 22.0 Å². The fourth-order valence-corrected chi connectivity index (χ4v) is 1.73. The summed E-state index contributed by atoms with van der Waals surface area (Å²) >= 11 is 5.48. The summed E-state index contributed by atoms with van der Waals surface area (Å²) < 4.78 is 67.2. The summed E-state index contributed by atoms with van der Waals surface area (Å²) in [5.41, 5.74) is -1.14. The van der Waals surface area contributed by atoms with Gasteiger partial charge in [-0.1, -0.05) is 0 Å². The lowest BCUT2D eigenvalue weighted by atomic mass is 10.1. The molecule has 0 atom stereocenters. The summed E-state index contributed by atoms with van der Waals surface area (Å²) in [5.74, 6) is -10.7. The molecule has 9 heteroatoms. The van der Waals surface area contributed by atoms with Crippen molar-refractivity contribution in [2.75, 3.05) is 0 Å². The Bertz CT molecular complexity index is 626. The van der Waals surface area contributed by atoms with Crippen molar-refractivity contribution >= 4 is 11.6 Å². The van der Waals surface area contributed by atoms with Gasteiger partial charge >= 0.3 is 0 Å². The van der Waals surface area contributed by atoms with Crippen LogP contribution in [0.3, 0.4) is 0 Å². The SMILES string of the molecule is Cn1c(CCl)nnc1-c1c(F)c(F)c(F)c(F)c1F. The molecule has 0 saturated carbocycles. The molecule has 0 spiro atoms. The molecule has 1 aromatic heterocycles. The van der Waals surface area contributed by atoms with Crippen LogP contribution in [0.5, 0.6) is 0 Å². The first kappa shape index (κ1) is 13.7.